The van der Waals surface area contributed by atoms with Gasteiger partial charge in [-0.1, -0.05) is 24.8 Å². The molecule has 0 atom stereocenters. The van der Waals surface area contributed by atoms with Gasteiger partial charge in [-0.25, -0.2) is 4.98 Å². The Morgan fingerprint density at radius 3 is 2.48 bits per heavy atom. The lowest BCUT2D eigenvalue weighted by Gasteiger charge is -2.18. The number of fused-ring (bicyclic) bond motifs is 1. The molecule has 3 aromatic rings. The van der Waals surface area contributed by atoms with Crippen molar-refractivity contribution in [3.8, 4) is 11.5 Å². The van der Waals surface area contributed by atoms with Gasteiger partial charge in [0.25, 0.3) is 5.56 Å². The summed E-state index contributed by atoms with van der Waals surface area (Å²) in [5.41, 5.74) is 0.962. The van der Waals surface area contributed by atoms with E-state index in [9.17, 15) is 9.59 Å². The SMILES string of the molecule is CCc1cc2c(=O)n(CCc3ccc(OC)c(OC)c3)c(SCC(=O)N(CC)CC)nc2s1. The Hall–Kier alpha value is -2.52. The van der Waals surface area contributed by atoms with Crippen LogP contribution in [0.15, 0.2) is 34.2 Å². The quantitative estimate of drug-likeness (QED) is 0.296. The minimum atomic E-state index is -0.0609. The summed E-state index contributed by atoms with van der Waals surface area (Å²) in [6.45, 7) is 7.79. The molecule has 0 saturated heterocycles. The van der Waals surface area contributed by atoms with Crippen LogP contribution >= 0.6 is 23.1 Å². The van der Waals surface area contributed by atoms with Crippen LogP contribution in [0, 0.1) is 0 Å². The molecule has 0 unspecified atom stereocenters. The molecule has 0 bridgehead atoms. The zero-order valence-corrected chi connectivity index (χ0v) is 21.5. The topological polar surface area (TPSA) is 73.7 Å². The molecule has 1 aromatic carbocycles. The third-order valence-electron chi connectivity index (χ3n) is 5.53. The van der Waals surface area contributed by atoms with E-state index in [1.807, 2.05) is 38.1 Å². The Morgan fingerprint density at radius 1 is 1.12 bits per heavy atom. The monoisotopic (exact) mass is 489 g/mol. The molecule has 0 aliphatic rings. The number of amides is 1. The highest BCUT2D eigenvalue weighted by molar-refractivity contribution is 7.99. The Kier molecular flexibility index (Phi) is 8.80. The van der Waals surface area contributed by atoms with E-state index in [1.165, 1.54) is 11.8 Å². The summed E-state index contributed by atoms with van der Waals surface area (Å²) in [7, 11) is 3.21. The van der Waals surface area contributed by atoms with Gasteiger partial charge in [-0.2, -0.15) is 0 Å². The van der Waals surface area contributed by atoms with Crippen molar-refractivity contribution in [2.45, 2.75) is 45.3 Å². The molecular formula is C24H31N3O4S2. The maximum Gasteiger partial charge on any atom is 0.262 e. The van der Waals surface area contributed by atoms with E-state index >= 15 is 0 Å². The van der Waals surface area contributed by atoms with E-state index in [-0.39, 0.29) is 17.2 Å². The maximum absolute atomic E-state index is 13.4. The standard InChI is InChI=1S/C24H31N3O4S2/c1-6-17-14-18-22(33-17)25-24(32-15-21(28)26(7-2)8-3)27(23(18)29)12-11-16-9-10-19(30-4)20(13-16)31-5/h9-10,13-14H,6-8,11-12,15H2,1-5H3. The number of rotatable bonds is 11. The number of methoxy groups -OCH3 is 2. The third kappa shape index (κ3) is 5.70. The summed E-state index contributed by atoms with van der Waals surface area (Å²) in [4.78, 5) is 34.4. The number of ether oxygens (including phenoxy) is 2. The number of nitrogens with zero attached hydrogens (tertiary/aromatic N) is 3. The molecule has 9 heteroatoms. The second kappa shape index (κ2) is 11.6. The van der Waals surface area contributed by atoms with Crippen molar-refractivity contribution in [1.29, 1.82) is 0 Å². The number of aromatic nitrogens is 2. The van der Waals surface area contributed by atoms with Crippen molar-refractivity contribution in [2.75, 3.05) is 33.1 Å². The van der Waals surface area contributed by atoms with Gasteiger partial charge in [0.1, 0.15) is 4.83 Å². The molecule has 2 heterocycles. The lowest BCUT2D eigenvalue weighted by molar-refractivity contribution is -0.127. The van der Waals surface area contributed by atoms with E-state index in [1.54, 1.807) is 35.0 Å². The van der Waals surface area contributed by atoms with Gasteiger partial charge in [-0.15, -0.1) is 11.3 Å². The summed E-state index contributed by atoms with van der Waals surface area (Å²) in [6, 6.07) is 7.70. The van der Waals surface area contributed by atoms with E-state index in [2.05, 4.69) is 6.92 Å². The Labute approximate surface area is 202 Å². The van der Waals surface area contributed by atoms with Gasteiger partial charge in [0.15, 0.2) is 16.7 Å². The zero-order valence-electron chi connectivity index (χ0n) is 19.8. The number of carbonyl (C=O) groups excluding carboxylic acids is 1. The number of carbonyl (C=O) groups is 1. The summed E-state index contributed by atoms with van der Waals surface area (Å²) < 4.78 is 12.4. The molecule has 2 aromatic heterocycles. The average molecular weight is 490 g/mol. The molecule has 0 saturated carbocycles. The molecule has 0 aliphatic heterocycles. The third-order valence-corrected chi connectivity index (χ3v) is 7.66. The zero-order chi connectivity index (χ0) is 24.0. The summed E-state index contributed by atoms with van der Waals surface area (Å²) in [5, 5.41) is 1.22. The molecular weight excluding hydrogens is 458 g/mol. The van der Waals surface area contributed by atoms with Crippen LogP contribution in [0.5, 0.6) is 11.5 Å². The first-order valence-electron chi connectivity index (χ1n) is 11.1. The Morgan fingerprint density at radius 2 is 1.85 bits per heavy atom. The van der Waals surface area contributed by atoms with Crippen molar-refractivity contribution in [3.63, 3.8) is 0 Å². The molecule has 33 heavy (non-hydrogen) atoms. The lowest BCUT2D eigenvalue weighted by atomic mass is 10.1. The molecule has 0 radical (unpaired) electrons. The molecule has 0 aliphatic carbocycles. The van der Waals surface area contributed by atoms with Crippen molar-refractivity contribution in [2.24, 2.45) is 0 Å². The number of benzene rings is 1. The van der Waals surface area contributed by atoms with Crippen LogP contribution in [0.25, 0.3) is 10.2 Å². The van der Waals surface area contributed by atoms with Crippen LogP contribution in [-0.4, -0.2) is 53.4 Å². The fraction of sp³-hybridized carbons (Fsp3) is 0.458. The van der Waals surface area contributed by atoms with Gasteiger partial charge in [0, 0.05) is 24.5 Å². The summed E-state index contributed by atoms with van der Waals surface area (Å²) >= 11 is 2.88. The molecule has 178 valence electrons. The maximum atomic E-state index is 13.4. The lowest BCUT2D eigenvalue weighted by Crippen LogP contribution is -2.32. The predicted octanol–water partition coefficient (Wildman–Crippen LogP) is 4.24. The molecule has 0 fully saturated rings. The average Bonchev–Trinajstić information content (AvgIpc) is 3.26. The molecule has 1 amide bonds. The number of hydrogen-bond donors (Lipinski definition) is 0. The highest BCUT2D eigenvalue weighted by Crippen LogP contribution is 2.29. The summed E-state index contributed by atoms with van der Waals surface area (Å²) in [5.74, 6) is 1.62. The van der Waals surface area contributed by atoms with Crippen molar-refractivity contribution in [3.05, 3.63) is 45.1 Å². The smallest absolute Gasteiger partial charge is 0.262 e. The Bertz CT molecular complexity index is 1170. The van der Waals surface area contributed by atoms with Crippen molar-refractivity contribution < 1.29 is 14.3 Å². The number of thiophene rings is 1. The van der Waals surface area contributed by atoms with Crippen LogP contribution in [0.3, 0.4) is 0 Å². The van der Waals surface area contributed by atoms with Gasteiger partial charge >= 0.3 is 0 Å². The largest absolute Gasteiger partial charge is 0.493 e. The molecule has 0 spiro atoms. The van der Waals surface area contributed by atoms with E-state index in [4.69, 9.17) is 14.5 Å². The molecule has 3 rings (SSSR count). The van der Waals surface area contributed by atoms with E-state index < -0.39 is 0 Å². The number of thioether (sulfide) groups is 1. The van der Waals surface area contributed by atoms with Crippen LogP contribution in [-0.2, 0) is 24.2 Å². The van der Waals surface area contributed by atoms with Gasteiger partial charge in [0.2, 0.25) is 5.91 Å². The fourth-order valence-corrected chi connectivity index (χ4v) is 5.54. The van der Waals surface area contributed by atoms with Crippen molar-refractivity contribution >= 4 is 39.2 Å². The summed E-state index contributed by atoms with van der Waals surface area (Å²) in [6.07, 6.45) is 1.48. The minimum absolute atomic E-state index is 0.0474. The highest BCUT2D eigenvalue weighted by Gasteiger charge is 2.17. The van der Waals surface area contributed by atoms with Gasteiger partial charge < -0.3 is 14.4 Å². The fourth-order valence-electron chi connectivity index (χ4n) is 3.60. The second-order valence-electron chi connectivity index (χ2n) is 7.43. The predicted molar refractivity (Wildman–Crippen MR) is 135 cm³/mol. The Balaban J connectivity index is 1.92. The van der Waals surface area contributed by atoms with Crippen LogP contribution < -0.4 is 15.0 Å². The van der Waals surface area contributed by atoms with Gasteiger partial charge in [0.05, 0.1) is 25.4 Å². The van der Waals surface area contributed by atoms with Crippen molar-refractivity contribution in [1.82, 2.24) is 14.5 Å². The van der Waals surface area contributed by atoms with Gasteiger partial charge in [-0.05, 0) is 50.5 Å². The van der Waals surface area contributed by atoms with Crippen LogP contribution in [0.2, 0.25) is 0 Å². The first kappa shape index (κ1) is 25.1. The van der Waals surface area contributed by atoms with Crippen LogP contribution in [0.1, 0.15) is 31.2 Å². The normalized spacial score (nSPS) is 11.1. The number of hydrogen-bond acceptors (Lipinski definition) is 7. The van der Waals surface area contributed by atoms with Crippen LogP contribution in [0.4, 0.5) is 0 Å². The van der Waals surface area contributed by atoms with Gasteiger partial charge in [-0.3, -0.25) is 14.2 Å². The first-order valence-corrected chi connectivity index (χ1v) is 12.9. The molecule has 7 nitrogen and oxygen atoms in total. The number of aryl methyl sites for hydroxylation is 2. The molecule has 0 N–H and O–H groups in total. The second-order valence-corrected chi connectivity index (χ2v) is 9.49. The highest BCUT2D eigenvalue weighted by atomic mass is 32.2. The minimum Gasteiger partial charge on any atom is -0.493 e. The van der Waals surface area contributed by atoms with E-state index in [0.717, 1.165) is 21.7 Å². The first-order chi connectivity index (χ1) is 15.9. The van der Waals surface area contributed by atoms with E-state index in [0.29, 0.717) is 48.1 Å².